The van der Waals surface area contributed by atoms with E-state index in [0.717, 1.165) is 0 Å². The van der Waals surface area contributed by atoms with Crippen molar-refractivity contribution in [2.45, 2.75) is 50.9 Å². The molecule has 3 aliphatic rings. The van der Waals surface area contributed by atoms with Gasteiger partial charge in [0.2, 0.25) is 17.7 Å². The summed E-state index contributed by atoms with van der Waals surface area (Å²) in [5, 5.41) is 16.3. The minimum Gasteiger partial charge on any atom is -0.392 e. The number of carbonyl (C=O) groups excluding carboxylic acids is 3. The lowest BCUT2D eigenvalue weighted by Gasteiger charge is -2.31. The van der Waals surface area contributed by atoms with Gasteiger partial charge in [0.05, 0.1) is 17.9 Å². The molecule has 1 aromatic carbocycles. The van der Waals surface area contributed by atoms with Crippen LogP contribution in [0.2, 0.25) is 0 Å². The number of hydrogen-bond donors (Lipinski definition) is 3. The molecular weight excluding hydrogens is 334 g/mol. The van der Waals surface area contributed by atoms with E-state index >= 15 is 0 Å². The maximum atomic E-state index is 13.3. The van der Waals surface area contributed by atoms with Crippen molar-refractivity contribution in [3.63, 3.8) is 0 Å². The highest BCUT2D eigenvalue weighted by molar-refractivity contribution is 6.15. The maximum absolute atomic E-state index is 13.3. The highest BCUT2D eigenvalue weighted by atomic mass is 16.3. The van der Waals surface area contributed by atoms with E-state index in [0.29, 0.717) is 17.7 Å². The van der Waals surface area contributed by atoms with Gasteiger partial charge >= 0.3 is 0 Å². The molecule has 4 rings (SSSR count). The molecule has 3 amide bonds. The lowest BCUT2D eigenvalue weighted by Crippen LogP contribution is -2.55. The zero-order chi connectivity index (χ0) is 18.8. The van der Waals surface area contributed by atoms with Crippen molar-refractivity contribution in [1.29, 1.82) is 0 Å². The number of imide groups is 1. The minimum absolute atomic E-state index is 0.244. The van der Waals surface area contributed by atoms with Gasteiger partial charge in [0, 0.05) is 23.3 Å². The van der Waals surface area contributed by atoms with Crippen LogP contribution in [0.15, 0.2) is 24.3 Å². The summed E-state index contributed by atoms with van der Waals surface area (Å²) in [6.07, 6.45) is -0.240. The molecule has 6 atom stereocenters. The first-order valence-corrected chi connectivity index (χ1v) is 9.08. The molecule has 0 aromatic heterocycles. The molecule has 138 valence electrons. The summed E-state index contributed by atoms with van der Waals surface area (Å²) in [5.74, 6) is -2.59. The third kappa shape index (κ3) is 1.92. The number of para-hydroxylation sites is 1. The second kappa shape index (κ2) is 5.62. The van der Waals surface area contributed by atoms with Gasteiger partial charge in [0.15, 0.2) is 0 Å². The van der Waals surface area contributed by atoms with Gasteiger partial charge in [0.1, 0.15) is 5.54 Å². The Morgan fingerprint density at radius 2 is 1.88 bits per heavy atom. The molecule has 0 radical (unpaired) electrons. The number of benzene rings is 1. The number of hydrogen-bond acceptors (Lipinski definition) is 5. The number of rotatable bonds is 3. The zero-order valence-electron chi connectivity index (χ0n) is 15.0. The van der Waals surface area contributed by atoms with Crippen LogP contribution in [-0.2, 0) is 19.9 Å². The molecule has 1 spiro atoms. The summed E-state index contributed by atoms with van der Waals surface area (Å²) in [5.41, 5.74) is -0.0229. The van der Waals surface area contributed by atoms with Gasteiger partial charge in [-0.15, -0.1) is 0 Å². The Bertz CT molecular complexity index is 808. The number of aliphatic hydroxyl groups is 1. The van der Waals surface area contributed by atoms with Gasteiger partial charge in [-0.05, 0) is 26.3 Å². The fourth-order valence-corrected chi connectivity index (χ4v) is 4.74. The molecule has 0 aliphatic carbocycles. The molecule has 3 aliphatic heterocycles. The molecule has 1 aromatic rings. The third-order valence-corrected chi connectivity index (χ3v) is 6.14. The first-order valence-electron chi connectivity index (χ1n) is 9.08. The predicted octanol–water partition coefficient (Wildman–Crippen LogP) is 0.586. The smallest absolute Gasteiger partial charge is 0.250 e. The minimum atomic E-state index is -1.32. The van der Waals surface area contributed by atoms with E-state index in [1.165, 1.54) is 4.90 Å². The first kappa shape index (κ1) is 17.2. The van der Waals surface area contributed by atoms with Gasteiger partial charge < -0.3 is 10.4 Å². The topological polar surface area (TPSA) is 98.7 Å². The van der Waals surface area contributed by atoms with Crippen molar-refractivity contribution < 1.29 is 19.5 Å². The Balaban J connectivity index is 1.90. The Hall–Kier alpha value is -2.25. The van der Waals surface area contributed by atoms with Gasteiger partial charge in [-0.25, -0.2) is 0 Å². The van der Waals surface area contributed by atoms with Crippen LogP contribution in [0.4, 0.5) is 5.69 Å². The van der Waals surface area contributed by atoms with E-state index in [1.807, 2.05) is 19.9 Å². The van der Waals surface area contributed by atoms with Crippen molar-refractivity contribution in [3.8, 4) is 0 Å². The van der Waals surface area contributed by atoms with Crippen molar-refractivity contribution in [2.24, 2.45) is 11.8 Å². The number of nitrogens with zero attached hydrogens (tertiary/aromatic N) is 1. The third-order valence-electron chi connectivity index (χ3n) is 6.14. The first-order chi connectivity index (χ1) is 12.3. The van der Waals surface area contributed by atoms with E-state index in [1.54, 1.807) is 25.1 Å². The number of amides is 3. The van der Waals surface area contributed by atoms with Gasteiger partial charge in [-0.3, -0.25) is 24.6 Å². The summed E-state index contributed by atoms with van der Waals surface area (Å²) in [6, 6.07) is 6.28. The number of likely N-dealkylation sites (tertiary alicyclic amines) is 1. The molecule has 3 N–H and O–H groups in total. The van der Waals surface area contributed by atoms with Crippen molar-refractivity contribution in [1.82, 2.24) is 10.2 Å². The van der Waals surface area contributed by atoms with Crippen LogP contribution in [0.25, 0.3) is 0 Å². The van der Waals surface area contributed by atoms with Crippen LogP contribution in [-0.4, -0.2) is 45.9 Å². The van der Waals surface area contributed by atoms with Gasteiger partial charge in [-0.2, -0.15) is 0 Å². The van der Waals surface area contributed by atoms with Crippen LogP contribution >= 0.6 is 0 Å². The second-order valence-electron chi connectivity index (χ2n) is 7.53. The van der Waals surface area contributed by atoms with Crippen LogP contribution in [0, 0.1) is 11.8 Å². The van der Waals surface area contributed by atoms with E-state index in [4.69, 9.17) is 0 Å². The van der Waals surface area contributed by atoms with E-state index < -0.39 is 29.5 Å². The highest BCUT2D eigenvalue weighted by Crippen LogP contribution is 2.53. The maximum Gasteiger partial charge on any atom is 0.250 e. The van der Waals surface area contributed by atoms with Crippen LogP contribution in [0.1, 0.15) is 32.8 Å². The fraction of sp³-hybridized carbons (Fsp3) is 0.526. The van der Waals surface area contributed by atoms with Crippen LogP contribution < -0.4 is 10.6 Å². The molecule has 0 bridgehead atoms. The summed E-state index contributed by atoms with van der Waals surface area (Å²) in [4.78, 5) is 40.7. The standard InChI is InChI=1S/C19H23N3O4/c1-4-9(2)22-16(24)13-14(17(22)25)19(21-15(13)10(3)23)11-7-5-6-8-12(11)20-18(19)26/h5-10,13-15,21,23H,4H2,1-3H3,(H,20,26)/t9?,10?,13-,14-,15?,19?/m0/s1. The molecule has 4 unspecified atom stereocenters. The van der Waals surface area contributed by atoms with E-state index in [-0.39, 0.29) is 23.8 Å². The molecule has 3 heterocycles. The summed E-state index contributed by atoms with van der Waals surface area (Å²) in [7, 11) is 0. The Labute approximate surface area is 151 Å². The largest absolute Gasteiger partial charge is 0.392 e. The Morgan fingerprint density at radius 1 is 1.19 bits per heavy atom. The zero-order valence-corrected chi connectivity index (χ0v) is 15.0. The Kier molecular flexibility index (Phi) is 3.71. The summed E-state index contributed by atoms with van der Waals surface area (Å²) < 4.78 is 0. The lowest BCUT2D eigenvalue weighted by atomic mass is 9.76. The number of carbonyl (C=O) groups is 3. The molecule has 2 fully saturated rings. The van der Waals surface area contributed by atoms with Gasteiger partial charge in [0.25, 0.3) is 0 Å². The molecule has 2 saturated heterocycles. The monoisotopic (exact) mass is 357 g/mol. The number of aliphatic hydroxyl groups excluding tert-OH is 1. The second-order valence-corrected chi connectivity index (χ2v) is 7.53. The van der Waals surface area contributed by atoms with Crippen LogP contribution in [0.5, 0.6) is 0 Å². The molecule has 0 saturated carbocycles. The number of fused-ring (bicyclic) bond motifs is 4. The van der Waals surface area contributed by atoms with Gasteiger partial charge in [-0.1, -0.05) is 25.1 Å². The SMILES string of the molecule is CCC(C)N1C(=O)[C@@H]2C(C(C)O)NC3(C(=O)Nc4ccccc43)[C@@H]2C1=O. The van der Waals surface area contributed by atoms with Crippen molar-refractivity contribution in [3.05, 3.63) is 29.8 Å². The number of nitrogens with one attached hydrogen (secondary N) is 2. The van der Waals surface area contributed by atoms with Crippen LogP contribution in [0.3, 0.4) is 0 Å². The fourth-order valence-electron chi connectivity index (χ4n) is 4.74. The molecule has 7 heteroatoms. The highest BCUT2D eigenvalue weighted by Gasteiger charge is 2.71. The lowest BCUT2D eigenvalue weighted by molar-refractivity contribution is -0.145. The van der Waals surface area contributed by atoms with Crippen molar-refractivity contribution >= 4 is 23.4 Å². The predicted molar refractivity (Wildman–Crippen MR) is 93.9 cm³/mol. The Morgan fingerprint density at radius 3 is 2.54 bits per heavy atom. The average molecular weight is 357 g/mol. The van der Waals surface area contributed by atoms with E-state index in [9.17, 15) is 19.5 Å². The number of anilines is 1. The van der Waals surface area contributed by atoms with Crippen molar-refractivity contribution in [2.75, 3.05) is 5.32 Å². The normalized spacial score (nSPS) is 34.8. The molecular formula is C19H23N3O4. The molecule has 26 heavy (non-hydrogen) atoms. The van der Waals surface area contributed by atoms with E-state index in [2.05, 4.69) is 10.6 Å². The molecule has 7 nitrogen and oxygen atoms in total. The quantitative estimate of drug-likeness (QED) is 0.688. The summed E-state index contributed by atoms with van der Waals surface area (Å²) in [6.45, 7) is 5.32. The average Bonchev–Trinajstić information content (AvgIpc) is 3.20. The summed E-state index contributed by atoms with van der Waals surface area (Å²) >= 11 is 0.